The molecule has 1 saturated carbocycles. The maximum atomic E-state index is 10.7. The molecule has 3 radical (unpaired) electrons. The van der Waals surface area contributed by atoms with Gasteiger partial charge in [-0.1, -0.05) is 170 Å². The third-order valence-electron chi connectivity index (χ3n) is 8.09. The lowest BCUT2D eigenvalue weighted by Gasteiger charge is -2.24. The number of benzene rings is 3. The van der Waals surface area contributed by atoms with Gasteiger partial charge < -0.3 is 9.53 Å². The zero-order valence-electron chi connectivity index (χ0n) is 24.2. The van der Waals surface area contributed by atoms with Crippen LogP contribution in [-0.4, -0.2) is 15.6 Å². The van der Waals surface area contributed by atoms with Crippen LogP contribution in [0.15, 0.2) is 72.8 Å². The molecule has 4 rings (SSSR count). The van der Waals surface area contributed by atoms with Gasteiger partial charge in [0.2, 0.25) is 0 Å². The first kappa shape index (κ1) is 31.0. The first-order valence-electron chi connectivity index (χ1n) is 15.5. The number of hydrogen-bond donors (Lipinski definition) is 1. The lowest BCUT2D eigenvalue weighted by molar-refractivity contribution is 0.286. The summed E-state index contributed by atoms with van der Waals surface area (Å²) in [7, 11) is 3.06. The van der Waals surface area contributed by atoms with E-state index in [0.29, 0.717) is 11.3 Å². The van der Waals surface area contributed by atoms with Crippen molar-refractivity contribution in [3.05, 3.63) is 72.8 Å². The van der Waals surface area contributed by atoms with Gasteiger partial charge in [-0.05, 0) is 29.2 Å². The van der Waals surface area contributed by atoms with Gasteiger partial charge in [0.15, 0.2) is 0 Å². The number of hydrogen-bond acceptors (Lipinski definition) is 2. The Kier molecular flexibility index (Phi) is 14.9. The molecule has 0 amide bonds. The predicted molar refractivity (Wildman–Crippen MR) is 168 cm³/mol. The van der Waals surface area contributed by atoms with Gasteiger partial charge in [0.1, 0.15) is 11.5 Å². The molecule has 1 aliphatic rings. The van der Waals surface area contributed by atoms with Crippen LogP contribution in [0, 0.1) is 5.92 Å². The monoisotopic (exact) mass is 541 g/mol. The third-order valence-corrected chi connectivity index (χ3v) is 8.31. The Labute approximate surface area is 241 Å². The van der Waals surface area contributed by atoms with E-state index in [2.05, 4.69) is 17.4 Å². The Morgan fingerprint density at radius 2 is 1.18 bits per heavy atom. The van der Waals surface area contributed by atoms with Crippen LogP contribution in [0.4, 0.5) is 0 Å². The summed E-state index contributed by atoms with van der Waals surface area (Å²) in [6, 6.07) is 23.2. The van der Waals surface area contributed by atoms with Crippen LogP contribution in [0.3, 0.4) is 0 Å². The van der Waals surface area contributed by atoms with Crippen molar-refractivity contribution in [3.63, 3.8) is 0 Å². The van der Waals surface area contributed by atoms with E-state index in [0.717, 1.165) is 22.6 Å². The lowest BCUT2D eigenvalue weighted by atomic mass is 9.81. The number of unbranched alkanes of at least 4 members (excludes halogenated alkanes) is 11. The van der Waals surface area contributed by atoms with Gasteiger partial charge in [0.25, 0.3) is 0 Å². The maximum Gasteiger partial charge on any atom is 0.341 e. The first-order valence-corrected chi connectivity index (χ1v) is 16.0. The molecule has 0 heterocycles. The van der Waals surface area contributed by atoms with Crippen molar-refractivity contribution in [2.45, 2.75) is 110 Å². The number of phenolic OH excluding ortho intramolecular Hbond substituents is 1. The summed E-state index contributed by atoms with van der Waals surface area (Å²) in [6.07, 6.45) is 23.9. The zero-order chi connectivity index (χ0) is 27.5. The lowest BCUT2D eigenvalue weighted by Crippen LogP contribution is -2.10. The predicted octanol–water partition coefficient (Wildman–Crippen LogP) is 11.1. The third kappa shape index (κ3) is 10.9. The van der Waals surface area contributed by atoms with E-state index in [-0.39, 0.29) is 5.75 Å². The van der Waals surface area contributed by atoms with E-state index < -0.39 is 0 Å². The van der Waals surface area contributed by atoms with Crippen LogP contribution in [0.5, 0.6) is 11.5 Å². The fourth-order valence-electron chi connectivity index (χ4n) is 5.45. The smallest absolute Gasteiger partial charge is 0.341 e. The highest BCUT2D eigenvalue weighted by Gasteiger charge is 2.16. The van der Waals surface area contributed by atoms with Crippen LogP contribution in [0.25, 0.3) is 22.3 Å². The summed E-state index contributed by atoms with van der Waals surface area (Å²) in [5.41, 5.74) is 3.32. The molecule has 3 aromatic rings. The minimum absolute atomic E-state index is 0.211. The van der Waals surface area contributed by atoms with E-state index in [4.69, 9.17) is 4.43 Å². The van der Waals surface area contributed by atoms with Crippen molar-refractivity contribution >= 4 is 10.5 Å². The minimum atomic E-state index is 0.211. The van der Waals surface area contributed by atoms with Gasteiger partial charge in [-0.2, -0.15) is 0 Å². The van der Waals surface area contributed by atoms with Gasteiger partial charge in [-0.25, -0.2) is 0 Å². The van der Waals surface area contributed by atoms with Gasteiger partial charge in [-0.3, -0.25) is 0 Å². The first-order chi connectivity index (χ1) is 19.2. The molecule has 209 valence electrons. The highest BCUT2D eigenvalue weighted by molar-refractivity contribution is 6.01. The second-order valence-electron chi connectivity index (χ2n) is 11.1. The SMILES string of the molecule is CCCCCCCCCCCCCCC1CCC1.Oc1c(-c2ccccc2)ccc(O[Si])c1-c1ccccc1. The molecule has 1 aliphatic carbocycles. The van der Waals surface area contributed by atoms with Gasteiger partial charge in [0, 0.05) is 5.56 Å². The molecule has 3 heteroatoms. The quantitative estimate of drug-likeness (QED) is 0.144. The number of phenols is 1. The van der Waals surface area contributed by atoms with E-state index in [1.165, 1.54) is 103 Å². The van der Waals surface area contributed by atoms with Crippen molar-refractivity contribution < 1.29 is 9.53 Å². The van der Waals surface area contributed by atoms with Crippen molar-refractivity contribution in [2.24, 2.45) is 5.92 Å². The van der Waals surface area contributed by atoms with Crippen molar-refractivity contribution in [2.75, 3.05) is 0 Å². The molecular formula is C36H49O2Si. The van der Waals surface area contributed by atoms with Crippen molar-refractivity contribution in [3.8, 4) is 33.8 Å². The topological polar surface area (TPSA) is 29.5 Å². The average molecular weight is 542 g/mol. The fourth-order valence-corrected chi connectivity index (χ4v) is 5.62. The molecule has 0 aromatic heterocycles. The molecule has 39 heavy (non-hydrogen) atoms. The van der Waals surface area contributed by atoms with Crippen LogP contribution in [0.2, 0.25) is 0 Å². The number of aromatic hydroxyl groups is 1. The number of rotatable bonds is 16. The molecule has 0 spiro atoms. The molecule has 0 atom stereocenters. The molecule has 3 aromatic carbocycles. The largest absolute Gasteiger partial charge is 0.540 e. The van der Waals surface area contributed by atoms with Crippen LogP contribution < -0.4 is 4.43 Å². The Bertz CT molecular complexity index is 1030. The average Bonchev–Trinajstić information content (AvgIpc) is 2.95. The molecule has 0 bridgehead atoms. The van der Waals surface area contributed by atoms with Crippen LogP contribution in [0.1, 0.15) is 110 Å². The van der Waals surface area contributed by atoms with Crippen LogP contribution in [-0.2, 0) is 0 Å². The molecule has 0 aliphatic heterocycles. The normalized spacial score (nSPS) is 12.9. The highest BCUT2D eigenvalue weighted by atomic mass is 28.2. The Hall–Kier alpha value is -2.52. The summed E-state index contributed by atoms with van der Waals surface area (Å²) in [6.45, 7) is 2.30. The van der Waals surface area contributed by atoms with E-state index in [1.807, 2.05) is 72.8 Å². The Morgan fingerprint density at radius 1 is 0.667 bits per heavy atom. The second-order valence-corrected chi connectivity index (χ2v) is 11.3. The maximum absolute atomic E-state index is 10.7. The summed E-state index contributed by atoms with van der Waals surface area (Å²) in [5, 5.41) is 10.7. The summed E-state index contributed by atoms with van der Waals surface area (Å²) in [5.74, 6) is 1.92. The molecular weight excluding hydrogens is 492 g/mol. The Balaban J connectivity index is 0.000000219. The van der Waals surface area contributed by atoms with Crippen molar-refractivity contribution in [1.82, 2.24) is 0 Å². The fraction of sp³-hybridized carbons (Fsp3) is 0.500. The molecule has 1 N–H and O–H groups in total. The Morgan fingerprint density at radius 3 is 1.67 bits per heavy atom. The van der Waals surface area contributed by atoms with E-state index in [9.17, 15) is 5.11 Å². The van der Waals surface area contributed by atoms with Gasteiger partial charge in [-0.15, -0.1) is 0 Å². The van der Waals surface area contributed by atoms with Gasteiger partial charge in [0.05, 0.1) is 5.56 Å². The standard InChI is InChI=1S/C18H13O2Si.C18H36/c19-18-15(13-7-3-1-4-8-13)11-12-16(20-21)17(18)14-9-5-2-6-10-14;1-2-3-4-5-6-7-8-9-10-11-12-13-15-18-16-14-17-18/h1-12,19H;18H,2-17H2,1H3. The van der Waals surface area contributed by atoms with Gasteiger partial charge >= 0.3 is 10.5 Å². The highest BCUT2D eigenvalue weighted by Crippen LogP contribution is 2.43. The van der Waals surface area contributed by atoms with Crippen molar-refractivity contribution in [1.29, 1.82) is 0 Å². The summed E-state index contributed by atoms with van der Waals surface area (Å²) >= 11 is 0. The van der Waals surface area contributed by atoms with Crippen LogP contribution >= 0.6 is 0 Å². The molecule has 0 saturated heterocycles. The second kappa shape index (κ2) is 18.7. The molecule has 1 fully saturated rings. The summed E-state index contributed by atoms with van der Waals surface area (Å²) in [4.78, 5) is 0. The zero-order valence-corrected chi connectivity index (χ0v) is 25.2. The van der Waals surface area contributed by atoms with E-state index >= 15 is 0 Å². The molecule has 2 nitrogen and oxygen atoms in total. The minimum Gasteiger partial charge on any atom is -0.540 e. The van der Waals surface area contributed by atoms with E-state index in [1.54, 1.807) is 0 Å². The molecule has 0 unspecified atom stereocenters. The summed E-state index contributed by atoms with van der Waals surface area (Å²) < 4.78 is 5.22.